The van der Waals surface area contributed by atoms with Crippen LogP contribution in [0.4, 0.5) is 5.69 Å². The molecule has 5 heteroatoms. The molecule has 1 amide bonds. The van der Waals surface area contributed by atoms with E-state index in [0.717, 1.165) is 0 Å². The van der Waals surface area contributed by atoms with E-state index in [0.29, 0.717) is 16.4 Å². The zero-order chi connectivity index (χ0) is 9.84. The lowest BCUT2D eigenvalue weighted by molar-refractivity contribution is 0.0964. The Morgan fingerprint density at radius 1 is 1.54 bits per heavy atom. The Kier molecular flexibility index (Phi) is 3.08. The highest BCUT2D eigenvalue weighted by Gasteiger charge is 2.11. The molecule has 0 spiro atoms. The maximum atomic E-state index is 11.3. The van der Waals surface area contributed by atoms with Crippen molar-refractivity contribution < 1.29 is 4.79 Å². The van der Waals surface area contributed by atoms with Gasteiger partial charge in [0, 0.05) is 20.3 Å². The predicted octanol–water partition coefficient (Wildman–Crippen LogP) is 1.14. The second-order valence-electron chi connectivity index (χ2n) is 2.35. The van der Waals surface area contributed by atoms with Gasteiger partial charge < -0.3 is 10.6 Å². The molecule has 1 rings (SSSR count). The summed E-state index contributed by atoms with van der Waals surface area (Å²) in [6, 6.07) is 1.61. The molecule has 0 aliphatic heterocycles. The molecule has 13 heavy (non-hydrogen) atoms. The Bertz CT molecular complexity index is 327. The third-order valence-corrected chi connectivity index (χ3v) is 1.91. The molecule has 0 saturated heterocycles. The van der Waals surface area contributed by atoms with E-state index in [-0.39, 0.29) is 5.91 Å². The number of nitrogens with zero attached hydrogens (tertiary/aromatic N) is 1. The van der Waals surface area contributed by atoms with Crippen molar-refractivity contribution in [3.8, 4) is 0 Å². The van der Waals surface area contributed by atoms with Crippen molar-refractivity contribution in [1.82, 2.24) is 10.3 Å². The van der Waals surface area contributed by atoms with Gasteiger partial charge in [0.1, 0.15) is 0 Å². The minimum atomic E-state index is -0.186. The molecule has 70 valence electrons. The van der Waals surface area contributed by atoms with Crippen LogP contribution in [-0.2, 0) is 0 Å². The highest BCUT2D eigenvalue weighted by molar-refractivity contribution is 6.32. The number of pyridine rings is 1. The smallest absolute Gasteiger partial charge is 0.253 e. The number of carbonyl (C=O) groups is 1. The maximum Gasteiger partial charge on any atom is 0.253 e. The molecule has 0 fully saturated rings. The van der Waals surface area contributed by atoms with Crippen LogP contribution in [0.15, 0.2) is 12.3 Å². The van der Waals surface area contributed by atoms with Crippen LogP contribution in [0.25, 0.3) is 0 Å². The van der Waals surface area contributed by atoms with Gasteiger partial charge in [0.15, 0.2) is 5.15 Å². The second kappa shape index (κ2) is 4.09. The molecule has 0 aliphatic carbocycles. The molecule has 0 aliphatic rings. The summed E-state index contributed by atoms with van der Waals surface area (Å²) in [5, 5.41) is 5.64. The van der Waals surface area contributed by atoms with E-state index < -0.39 is 0 Å². The van der Waals surface area contributed by atoms with Gasteiger partial charge >= 0.3 is 0 Å². The van der Waals surface area contributed by atoms with Crippen molar-refractivity contribution in [1.29, 1.82) is 0 Å². The van der Waals surface area contributed by atoms with Crippen LogP contribution < -0.4 is 10.6 Å². The van der Waals surface area contributed by atoms with E-state index in [4.69, 9.17) is 11.6 Å². The molecule has 1 aromatic rings. The molecule has 1 heterocycles. The van der Waals surface area contributed by atoms with Gasteiger partial charge in [-0.3, -0.25) is 4.79 Å². The van der Waals surface area contributed by atoms with E-state index in [1.165, 1.54) is 6.20 Å². The van der Waals surface area contributed by atoms with E-state index in [9.17, 15) is 4.79 Å². The van der Waals surface area contributed by atoms with Crippen LogP contribution in [0, 0.1) is 0 Å². The lowest BCUT2D eigenvalue weighted by Crippen LogP contribution is -2.19. The Balaban J connectivity index is 3.20. The topological polar surface area (TPSA) is 54.0 Å². The zero-order valence-corrected chi connectivity index (χ0v) is 8.14. The molecular weight excluding hydrogens is 190 g/mol. The van der Waals surface area contributed by atoms with Gasteiger partial charge in [-0.25, -0.2) is 4.98 Å². The highest BCUT2D eigenvalue weighted by atomic mass is 35.5. The van der Waals surface area contributed by atoms with Crippen molar-refractivity contribution in [3.63, 3.8) is 0 Å². The molecule has 0 saturated carbocycles. The summed E-state index contributed by atoms with van der Waals surface area (Å²) in [4.78, 5) is 15.2. The average Bonchev–Trinajstić information content (AvgIpc) is 2.16. The summed E-state index contributed by atoms with van der Waals surface area (Å²) in [5.74, 6) is -0.186. The van der Waals surface area contributed by atoms with Crippen LogP contribution in [0.1, 0.15) is 10.4 Å². The molecule has 0 atom stereocenters. The lowest BCUT2D eigenvalue weighted by atomic mass is 10.2. The first-order valence-corrected chi connectivity index (χ1v) is 4.12. The van der Waals surface area contributed by atoms with Crippen LogP contribution in [-0.4, -0.2) is 25.0 Å². The number of halogens is 1. The summed E-state index contributed by atoms with van der Waals surface area (Å²) in [6.45, 7) is 0. The van der Waals surface area contributed by atoms with Crippen molar-refractivity contribution in [2.45, 2.75) is 0 Å². The van der Waals surface area contributed by atoms with Crippen molar-refractivity contribution in [2.24, 2.45) is 0 Å². The average molecular weight is 200 g/mol. The summed E-state index contributed by atoms with van der Waals surface area (Å²) < 4.78 is 0. The van der Waals surface area contributed by atoms with E-state index in [1.807, 2.05) is 0 Å². The molecule has 0 radical (unpaired) electrons. The standard InChI is InChI=1S/C8H10ClN3O/c1-10-6-5(8(13)11-2)3-4-12-7(6)9/h3-4,10H,1-2H3,(H,11,13). The fourth-order valence-corrected chi connectivity index (χ4v) is 1.25. The fourth-order valence-electron chi connectivity index (χ4n) is 0.998. The predicted molar refractivity (Wildman–Crippen MR) is 52.2 cm³/mol. The van der Waals surface area contributed by atoms with Gasteiger partial charge in [0.25, 0.3) is 5.91 Å². The van der Waals surface area contributed by atoms with Crippen molar-refractivity contribution >= 4 is 23.2 Å². The fraction of sp³-hybridized carbons (Fsp3) is 0.250. The van der Waals surface area contributed by atoms with Gasteiger partial charge in [-0.05, 0) is 6.07 Å². The van der Waals surface area contributed by atoms with Crippen molar-refractivity contribution in [3.05, 3.63) is 23.0 Å². The van der Waals surface area contributed by atoms with E-state index in [1.54, 1.807) is 20.2 Å². The van der Waals surface area contributed by atoms with Gasteiger partial charge in [-0.2, -0.15) is 0 Å². The molecule has 0 bridgehead atoms. The van der Waals surface area contributed by atoms with Crippen molar-refractivity contribution in [2.75, 3.05) is 19.4 Å². The Hall–Kier alpha value is -1.29. The number of carbonyl (C=O) groups excluding carboxylic acids is 1. The van der Waals surface area contributed by atoms with Crippen LogP contribution >= 0.6 is 11.6 Å². The third kappa shape index (κ3) is 1.89. The lowest BCUT2D eigenvalue weighted by Gasteiger charge is -2.07. The van der Waals surface area contributed by atoms with Crippen LogP contribution in [0.3, 0.4) is 0 Å². The number of anilines is 1. The monoisotopic (exact) mass is 199 g/mol. The number of hydrogen-bond donors (Lipinski definition) is 2. The number of nitrogens with one attached hydrogen (secondary N) is 2. The van der Waals surface area contributed by atoms with Gasteiger partial charge in [-0.15, -0.1) is 0 Å². The molecule has 0 aromatic carbocycles. The number of hydrogen-bond acceptors (Lipinski definition) is 3. The normalized spacial score (nSPS) is 9.46. The quantitative estimate of drug-likeness (QED) is 0.703. The Morgan fingerprint density at radius 2 is 2.23 bits per heavy atom. The van der Waals surface area contributed by atoms with Gasteiger partial charge in [0.05, 0.1) is 11.3 Å². The third-order valence-electron chi connectivity index (χ3n) is 1.63. The zero-order valence-electron chi connectivity index (χ0n) is 7.39. The highest BCUT2D eigenvalue weighted by Crippen LogP contribution is 2.22. The van der Waals surface area contributed by atoms with Gasteiger partial charge in [0.2, 0.25) is 0 Å². The molecular formula is C8H10ClN3O. The molecule has 4 nitrogen and oxygen atoms in total. The second-order valence-corrected chi connectivity index (χ2v) is 2.71. The van der Waals surface area contributed by atoms with Crippen LogP contribution in [0.5, 0.6) is 0 Å². The summed E-state index contributed by atoms with van der Waals surface area (Å²) in [6.07, 6.45) is 1.49. The largest absolute Gasteiger partial charge is 0.385 e. The van der Waals surface area contributed by atoms with E-state index in [2.05, 4.69) is 15.6 Å². The number of rotatable bonds is 2. The first-order chi connectivity index (χ1) is 6.20. The number of amides is 1. The molecule has 1 aromatic heterocycles. The molecule has 2 N–H and O–H groups in total. The SMILES string of the molecule is CNC(=O)c1ccnc(Cl)c1NC. The molecule has 0 unspecified atom stereocenters. The van der Waals surface area contributed by atoms with Gasteiger partial charge in [-0.1, -0.05) is 11.6 Å². The summed E-state index contributed by atoms with van der Waals surface area (Å²) in [7, 11) is 3.26. The Labute approximate surface area is 81.3 Å². The summed E-state index contributed by atoms with van der Waals surface area (Å²) in [5.41, 5.74) is 1.04. The van der Waals surface area contributed by atoms with Crippen LogP contribution in [0.2, 0.25) is 5.15 Å². The maximum absolute atomic E-state index is 11.3. The van der Waals surface area contributed by atoms with E-state index >= 15 is 0 Å². The first kappa shape index (κ1) is 9.80. The minimum Gasteiger partial charge on any atom is -0.385 e. The summed E-state index contributed by atoms with van der Waals surface area (Å²) >= 11 is 5.78. The Morgan fingerprint density at radius 3 is 2.77 bits per heavy atom. The first-order valence-electron chi connectivity index (χ1n) is 3.75. The minimum absolute atomic E-state index is 0.186. The number of aromatic nitrogens is 1.